The summed E-state index contributed by atoms with van der Waals surface area (Å²) in [6.07, 6.45) is 5.28. The summed E-state index contributed by atoms with van der Waals surface area (Å²) >= 11 is 0. The summed E-state index contributed by atoms with van der Waals surface area (Å²) in [5, 5.41) is 3.28. The van der Waals surface area contributed by atoms with Crippen LogP contribution in [0.3, 0.4) is 0 Å². The zero-order valence-corrected chi connectivity index (χ0v) is 9.67. The van der Waals surface area contributed by atoms with Crippen molar-refractivity contribution in [3.8, 4) is 5.75 Å². The summed E-state index contributed by atoms with van der Waals surface area (Å²) in [6, 6.07) is 8.08. The summed E-state index contributed by atoms with van der Waals surface area (Å²) in [4.78, 5) is 5.17. The van der Waals surface area contributed by atoms with Gasteiger partial charge in [0.25, 0.3) is 0 Å². The topological polar surface area (TPSA) is 33.3 Å². The number of hydroxylamine groups is 1. The Morgan fingerprint density at radius 3 is 2.38 bits per heavy atom. The third kappa shape index (κ3) is 3.51. The second-order valence-electron chi connectivity index (χ2n) is 4.16. The van der Waals surface area contributed by atoms with E-state index in [1.165, 1.54) is 37.9 Å². The monoisotopic (exact) mass is 220 g/mol. The molecule has 0 radical (unpaired) electrons. The van der Waals surface area contributed by atoms with Crippen LogP contribution in [0.15, 0.2) is 24.3 Å². The zero-order valence-electron chi connectivity index (χ0n) is 9.67. The van der Waals surface area contributed by atoms with Crippen molar-refractivity contribution in [2.75, 3.05) is 19.6 Å². The molecular weight excluding hydrogens is 200 g/mol. The first kappa shape index (κ1) is 11.4. The van der Waals surface area contributed by atoms with Gasteiger partial charge in [-0.3, -0.25) is 0 Å². The van der Waals surface area contributed by atoms with Gasteiger partial charge in [0.05, 0.1) is 0 Å². The lowest BCUT2D eigenvalue weighted by atomic mass is 10.1. The number of hydrogen-bond donors (Lipinski definition) is 2. The first-order valence-electron chi connectivity index (χ1n) is 6.15. The second kappa shape index (κ2) is 6.51. The van der Waals surface area contributed by atoms with Crippen molar-refractivity contribution in [1.29, 1.82) is 0 Å². The SMILES string of the molecule is C1CCNCC1.c1ccc2c(c1)CCNO2. The van der Waals surface area contributed by atoms with E-state index in [4.69, 9.17) is 4.84 Å². The Bertz CT molecular complexity index is 274. The van der Waals surface area contributed by atoms with Crippen LogP contribution in [0.25, 0.3) is 0 Å². The molecule has 1 aromatic carbocycles. The minimum atomic E-state index is 0.914. The number of rotatable bonds is 0. The minimum Gasteiger partial charge on any atom is -0.408 e. The van der Waals surface area contributed by atoms with Crippen LogP contribution >= 0.6 is 0 Å². The van der Waals surface area contributed by atoms with E-state index in [1.54, 1.807) is 0 Å². The van der Waals surface area contributed by atoms with Crippen molar-refractivity contribution in [2.24, 2.45) is 0 Å². The summed E-state index contributed by atoms with van der Waals surface area (Å²) < 4.78 is 0. The molecule has 0 bridgehead atoms. The highest BCUT2D eigenvalue weighted by Gasteiger charge is 2.06. The molecule has 3 heteroatoms. The Morgan fingerprint density at radius 1 is 0.938 bits per heavy atom. The summed E-state index contributed by atoms with van der Waals surface area (Å²) in [5.41, 5.74) is 4.13. The molecule has 1 saturated heterocycles. The van der Waals surface area contributed by atoms with Crippen LogP contribution in [0.2, 0.25) is 0 Å². The Morgan fingerprint density at radius 2 is 1.75 bits per heavy atom. The van der Waals surface area contributed by atoms with Gasteiger partial charge in [-0.15, -0.1) is 0 Å². The molecule has 88 valence electrons. The van der Waals surface area contributed by atoms with Crippen LogP contribution in [0.5, 0.6) is 5.75 Å². The maximum absolute atomic E-state index is 5.17. The van der Waals surface area contributed by atoms with E-state index in [0.717, 1.165) is 18.7 Å². The average Bonchev–Trinajstić information content (AvgIpc) is 2.42. The standard InChI is InChI=1S/C8H9NO.C5H11N/c1-2-4-8-7(3-1)5-6-9-10-8;1-2-4-6-5-3-1/h1-4,9H,5-6H2;6H,1-5H2. The molecule has 0 aromatic heterocycles. The molecule has 16 heavy (non-hydrogen) atoms. The van der Waals surface area contributed by atoms with E-state index < -0.39 is 0 Å². The molecule has 0 aliphatic carbocycles. The van der Waals surface area contributed by atoms with Crippen molar-refractivity contribution in [2.45, 2.75) is 25.7 Å². The quantitative estimate of drug-likeness (QED) is 0.700. The Hall–Kier alpha value is -1.06. The van der Waals surface area contributed by atoms with Crippen LogP contribution < -0.4 is 15.6 Å². The first-order valence-corrected chi connectivity index (χ1v) is 6.15. The normalized spacial score (nSPS) is 18.8. The summed E-state index contributed by atoms with van der Waals surface area (Å²) in [7, 11) is 0. The molecule has 2 N–H and O–H groups in total. The fourth-order valence-corrected chi connectivity index (χ4v) is 1.93. The number of piperidine rings is 1. The molecule has 3 nitrogen and oxygen atoms in total. The van der Waals surface area contributed by atoms with Crippen LogP contribution in [0.1, 0.15) is 24.8 Å². The van der Waals surface area contributed by atoms with Gasteiger partial charge < -0.3 is 10.2 Å². The van der Waals surface area contributed by atoms with Gasteiger partial charge in [0.1, 0.15) is 5.75 Å². The Balaban J connectivity index is 0.000000138. The molecule has 0 atom stereocenters. The third-order valence-electron chi connectivity index (χ3n) is 2.86. The Kier molecular flexibility index (Phi) is 4.65. The zero-order chi connectivity index (χ0) is 11.1. The summed E-state index contributed by atoms with van der Waals surface area (Å²) in [6.45, 7) is 3.41. The van der Waals surface area contributed by atoms with Crippen LogP contribution in [0.4, 0.5) is 0 Å². The van der Waals surface area contributed by atoms with E-state index in [-0.39, 0.29) is 0 Å². The Labute approximate surface area is 97.1 Å². The smallest absolute Gasteiger partial charge is 0.150 e. The molecule has 0 spiro atoms. The highest BCUT2D eigenvalue weighted by molar-refractivity contribution is 5.34. The van der Waals surface area contributed by atoms with E-state index in [1.807, 2.05) is 18.2 Å². The van der Waals surface area contributed by atoms with Gasteiger partial charge in [0.15, 0.2) is 0 Å². The molecular formula is C13H20N2O. The van der Waals surface area contributed by atoms with Gasteiger partial charge in [-0.1, -0.05) is 24.6 Å². The number of para-hydroxylation sites is 1. The van der Waals surface area contributed by atoms with Crippen LogP contribution in [0, 0.1) is 0 Å². The molecule has 0 saturated carbocycles. The summed E-state index contributed by atoms with van der Waals surface area (Å²) in [5.74, 6) is 0.966. The highest BCUT2D eigenvalue weighted by Crippen LogP contribution is 2.19. The second-order valence-corrected chi connectivity index (χ2v) is 4.16. The number of benzene rings is 1. The fraction of sp³-hybridized carbons (Fsp3) is 0.538. The van der Waals surface area contributed by atoms with E-state index in [9.17, 15) is 0 Å². The lowest BCUT2D eigenvalue weighted by Crippen LogP contribution is -2.26. The third-order valence-corrected chi connectivity index (χ3v) is 2.86. The van der Waals surface area contributed by atoms with Gasteiger partial charge in [0, 0.05) is 6.54 Å². The predicted octanol–water partition coefficient (Wildman–Crippen LogP) is 1.89. The lowest BCUT2D eigenvalue weighted by Gasteiger charge is -2.16. The van der Waals surface area contributed by atoms with Gasteiger partial charge >= 0.3 is 0 Å². The molecule has 1 fully saturated rings. The average molecular weight is 220 g/mol. The molecule has 2 aliphatic heterocycles. The van der Waals surface area contributed by atoms with Crippen molar-refractivity contribution in [1.82, 2.24) is 10.8 Å². The van der Waals surface area contributed by atoms with E-state index in [2.05, 4.69) is 16.9 Å². The molecule has 0 unspecified atom stereocenters. The number of nitrogens with one attached hydrogen (secondary N) is 2. The largest absolute Gasteiger partial charge is 0.408 e. The van der Waals surface area contributed by atoms with Gasteiger partial charge in [-0.2, -0.15) is 5.48 Å². The highest BCUT2D eigenvalue weighted by atomic mass is 16.6. The maximum Gasteiger partial charge on any atom is 0.150 e. The first-order chi connectivity index (χ1) is 7.97. The molecule has 3 rings (SSSR count). The minimum absolute atomic E-state index is 0.914. The molecule has 2 heterocycles. The number of hydrogen-bond acceptors (Lipinski definition) is 3. The maximum atomic E-state index is 5.17. The molecule has 1 aromatic rings. The van der Waals surface area contributed by atoms with Crippen molar-refractivity contribution < 1.29 is 4.84 Å². The van der Waals surface area contributed by atoms with E-state index >= 15 is 0 Å². The van der Waals surface area contributed by atoms with Gasteiger partial charge in [-0.05, 0) is 44.0 Å². The van der Waals surface area contributed by atoms with E-state index in [0.29, 0.717) is 0 Å². The van der Waals surface area contributed by atoms with Crippen LogP contribution in [-0.4, -0.2) is 19.6 Å². The number of fused-ring (bicyclic) bond motifs is 1. The van der Waals surface area contributed by atoms with Gasteiger partial charge in [0.2, 0.25) is 0 Å². The van der Waals surface area contributed by atoms with Crippen molar-refractivity contribution >= 4 is 0 Å². The molecule has 2 aliphatic rings. The fourth-order valence-electron chi connectivity index (χ4n) is 1.93. The van der Waals surface area contributed by atoms with Crippen molar-refractivity contribution in [3.05, 3.63) is 29.8 Å². The predicted molar refractivity (Wildman–Crippen MR) is 65.5 cm³/mol. The van der Waals surface area contributed by atoms with Crippen LogP contribution in [-0.2, 0) is 6.42 Å². The van der Waals surface area contributed by atoms with Crippen molar-refractivity contribution in [3.63, 3.8) is 0 Å². The van der Waals surface area contributed by atoms with Gasteiger partial charge in [-0.25, -0.2) is 0 Å². The molecule has 0 amide bonds. The lowest BCUT2D eigenvalue weighted by molar-refractivity contribution is 0.180.